The van der Waals surface area contributed by atoms with Crippen molar-refractivity contribution in [2.75, 3.05) is 0 Å². The van der Waals surface area contributed by atoms with E-state index in [1.165, 1.54) is 16.7 Å². The third-order valence-electron chi connectivity index (χ3n) is 6.72. The van der Waals surface area contributed by atoms with Crippen molar-refractivity contribution in [2.45, 2.75) is 104 Å². The molecule has 1 N–H and O–H groups in total. The van der Waals surface area contributed by atoms with Crippen LogP contribution in [0.15, 0.2) is 48.5 Å². The van der Waals surface area contributed by atoms with Crippen LogP contribution in [0.3, 0.4) is 0 Å². The molecule has 0 aliphatic heterocycles. The molecule has 3 unspecified atom stereocenters. The smallest absolute Gasteiger partial charge is 0.312 e. The highest BCUT2D eigenvalue weighted by Crippen LogP contribution is 2.42. The van der Waals surface area contributed by atoms with Crippen LogP contribution in [0.2, 0.25) is 0 Å². The molecule has 0 aliphatic rings. The van der Waals surface area contributed by atoms with Crippen LogP contribution in [0, 0.1) is 5.41 Å². The van der Waals surface area contributed by atoms with Crippen molar-refractivity contribution >= 4 is 5.97 Å². The van der Waals surface area contributed by atoms with Crippen molar-refractivity contribution in [3.8, 4) is 5.75 Å². The summed E-state index contributed by atoms with van der Waals surface area (Å²) in [4.78, 5) is 13.2. The first-order valence-electron chi connectivity index (χ1n) is 12.3. The maximum absolute atomic E-state index is 13.2. The van der Waals surface area contributed by atoms with Crippen LogP contribution in [-0.2, 0) is 14.9 Å². The summed E-state index contributed by atoms with van der Waals surface area (Å²) in [6.45, 7) is 18.8. The van der Waals surface area contributed by atoms with Crippen molar-refractivity contribution < 1.29 is 14.6 Å². The molecule has 0 amide bonds. The van der Waals surface area contributed by atoms with Crippen LogP contribution in [0.1, 0.15) is 110 Å². The van der Waals surface area contributed by atoms with E-state index in [4.69, 9.17) is 4.74 Å². The molecule has 0 heterocycles. The van der Waals surface area contributed by atoms with Crippen molar-refractivity contribution in [2.24, 2.45) is 5.41 Å². The van der Waals surface area contributed by atoms with Crippen LogP contribution in [0.4, 0.5) is 0 Å². The average molecular weight is 453 g/mol. The van der Waals surface area contributed by atoms with Gasteiger partial charge < -0.3 is 9.84 Å². The number of benzene rings is 2. The van der Waals surface area contributed by atoms with Crippen LogP contribution in [0.5, 0.6) is 5.75 Å². The van der Waals surface area contributed by atoms with E-state index in [9.17, 15) is 9.90 Å². The second kappa shape index (κ2) is 10.3. The molecule has 182 valence electrons. The molecule has 0 radical (unpaired) electrons. The third-order valence-corrected chi connectivity index (χ3v) is 6.72. The van der Waals surface area contributed by atoms with E-state index >= 15 is 0 Å². The first-order valence-corrected chi connectivity index (χ1v) is 12.3. The minimum absolute atomic E-state index is 0.0990. The summed E-state index contributed by atoms with van der Waals surface area (Å²) < 4.78 is 5.83. The van der Waals surface area contributed by atoms with Crippen LogP contribution in [-0.4, -0.2) is 16.7 Å². The van der Waals surface area contributed by atoms with Crippen molar-refractivity contribution in [3.05, 3.63) is 65.2 Å². The number of hydrogen-bond donors (Lipinski definition) is 1. The van der Waals surface area contributed by atoms with Gasteiger partial charge in [-0.25, -0.2) is 0 Å². The average Bonchev–Trinajstić information content (AvgIpc) is 2.71. The molecule has 3 heteroatoms. The summed E-state index contributed by atoms with van der Waals surface area (Å²) >= 11 is 0. The Labute approximate surface area is 201 Å². The molecule has 2 aromatic carbocycles. The molecule has 2 rings (SSSR count). The Kier molecular flexibility index (Phi) is 8.43. The standard InChI is InChI=1S/C30H44O3/c1-10-30(9,27(32)33-29(6,7)8)20-24(19-21(2)22-13-17-26(31)18-14-22)23-11-15-25(16-12-23)28(3,4)5/h11-18,21,24,31H,10,19-20H2,1-9H3. The molecule has 0 fully saturated rings. The van der Waals surface area contributed by atoms with E-state index in [0.29, 0.717) is 0 Å². The van der Waals surface area contributed by atoms with Gasteiger partial charge in [-0.1, -0.05) is 71.0 Å². The van der Waals surface area contributed by atoms with Crippen LogP contribution >= 0.6 is 0 Å². The van der Waals surface area contributed by atoms with E-state index < -0.39 is 11.0 Å². The zero-order valence-electron chi connectivity index (χ0n) is 22.2. The monoisotopic (exact) mass is 452 g/mol. The zero-order valence-corrected chi connectivity index (χ0v) is 22.2. The SMILES string of the molecule is CCC(C)(CC(CC(C)c1ccc(O)cc1)c1ccc(C(C)(C)C)cc1)C(=O)OC(C)(C)C. The number of carbonyl (C=O) groups excluding carboxylic acids is 1. The fourth-order valence-electron chi connectivity index (χ4n) is 4.28. The van der Waals surface area contributed by atoms with Gasteiger partial charge in [0, 0.05) is 0 Å². The van der Waals surface area contributed by atoms with Crippen LogP contribution in [0.25, 0.3) is 0 Å². The van der Waals surface area contributed by atoms with E-state index in [1.54, 1.807) is 12.1 Å². The van der Waals surface area contributed by atoms with Gasteiger partial charge in [-0.05, 0) is 93.0 Å². The normalized spacial score (nSPS) is 16.0. The Hall–Kier alpha value is -2.29. The lowest BCUT2D eigenvalue weighted by atomic mass is 9.73. The lowest BCUT2D eigenvalue weighted by Gasteiger charge is -2.34. The van der Waals surface area contributed by atoms with E-state index in [0.717, 1.165) is 19.3 Å². The van der Waals surface area contributed by atoms with Crippen molar-refractivity contribution in [1.29, 1.82) is 0 Å². The summed E-state index contributed by atoms with van der Waals surface area (Å²) in [5.74, 6) is 0.660. The van der Waals surface area contributed by atoms with Crippen molar-refractivity contribution in [3.63, 3.8) is 0 Å². The fraction of sp³-hybridized carbons (Fsp3) is 0.567. The second-order valence-electron chi connectivity index (χ2n) is 11.9. The van der Waals surface area contributed by atoms with Crippen molar-refractivity contribution in [1.82, 2.24) is 0 Å². The Morgan fingerprint density at radius 2 is 1.39 bits per heavy atom. The minimum Gasteiger partial charge on any atom is -0.508 e. The number of esters is 1. The summed E-state index contributed by atoms with van der Waals surface area (Å²) in [7, 11) is 0. The molecular weight excluding hydrogens is 408 g/mol. The number of rotatable bonds is 8. The second-order valence-corrected chi connectivity index (χ2v) is 11.9. The van der Waals surface area contributed by atoms with Gasteiger partial charge in [-0.15, -0.1) is 0 Å². The van der Waals surface area contributed by atoms with E-state index in [2.05, 4.69) is 58.9 Å². The van der Waals surface area contributed by atoms with Crippen LogP contribution < -0.4 is 0 Å². The zero-order chi connectivity index (χ0) is 25.0. The first-order chi connectivity index (χ1) is 15.1. The highest BCUT2D eigenvalue weighted by Gasteiger charge is 2.38. The largest absolute Gasteiger partial charge is 0.508 e. The van der Waals surface area contributed by atoms with Gasteiger partial charge in [0.2, 0.25) is 0 Å². The number of phenols is 1. The van der Waals surface area contributed by atoms with Gasteiger partial charge in [0.1, 0.15) is 11.4 Å². The van der Waals surface area contributed by atoms with Gasteiger partial charge in [0.15, 0.2) is 0 Å². The lowest BCUT2D eigenvalue weighted by Crippen LogP contribution is -2.36. The van der Waals surface area contributed by atoms with Gasteiger partial charge in [-0.2, -0.15) is 0 Å². The molecule has 0 aliphatic carbocycles. The Morgan fingerprint density at radius 1 is 0.879 bits per heavy atom. The van der Waals surface area contributed by atoms with Gasteiger partial charge in [-0.3, -0.25) is 4.79 Å². The predicted molar refractivity (Wildman–Crippen MR) is 138 cm³/mol. The molecular formula is C30H44O3. The Balaban J connectivity index is 2.38. The fourth-order valence-corrected chi connectivity index (χ4v) is 4.28. The van der Waals surface area contributed by atoms with Gasteiger partial charge in [0.05, 0.1) is 5.41 Å². The Bertz CT molecular complexity index is 898. The highest BCUT2D eigenvalue weighted by molar-refractivity contribution is 5.76. The number of hydrogen-bond acceptors (Lipinski definition) is 3. The molecule has 0 saturated carbocycles. The topological polar surface area (TPSA) is 46.5 Å². The quantitative estimate of drug-likeness (QED) is 0.411. The van der Waals surface area contributed by atoms with E-state index in [1.807, 2.05) is 39.8 Å². The molecule has 0 bridgehead atoms. The first kappa shape index (κ1) is 27.0. The van der Waals surface area contributed by atoms with Gasteiger partial charge in [0.25, 0.3) is 0 Å². The molecule has 0 aromatic heterocycles. The highest BCUT2D eigenvalue weighted by atomic mass is 16.6. The molecule has 0 saturated heterocycles. The maximum Gasteiger partial charge on any atom is 0.312 e. The summed E-state index contributed by atoms with van der Waals surface area (Å²) in [6, 6.07) is 16.4. The third kappa shape index (κ3) is 7.62. The maximum atomic E-state index is 13.2. The number of ether oxygens (including phenoxy) is 1. The number of aromatic hydroxyl groups is 1. The van der Waals surface area contributed by atoms with Gasteiger partial charge >= 0.3 is 5.97 Å². The number of carbonyl (C=O) groups is 1. The molecule has 33 heavy (non-hydrogen) atoms. The lowest BCUT2D eigenvalue weighted by molar-refractivity contribution is -0.167. The number of phenolic OH excluding ortho intramolecular Hbond substituents is 1. The minimum atomic E-state index is -0.560. The summed E-state index contributed by atoms with van der Waals surface area (Å²) in [6.07, 6.45) is 2.37. The predicted octanol–water partition coefficient (Wildman–Crippen LogP) is 8.12. The molecule has 2 aromatic rings. The van der Waals surface area contributed by atoms with E-state index in [-0.39, 0.29) is 29.0 Å². The Morgan fingerprint density at radius 3 is 1.85 bits per heavy atom. The molecule has 3 nitrogen and oxygen atoms in total. The molecule has 3 atom stereocenters. The summed E-state index contributed by atoms with van der Waals surface area (Å²) in [5.41, 5.74) is 2.80. The molecule has 0 spiro atoms. The summed E-state index contributed by atoms with van der Waals surface area (Å²) in [5, 5.41) is 9.68.